The van der Waals surface area contributed by atoms with Gasteiger partial charge in [0.25, 0.3) is 5.91 Å². The van der Waals surface area contributed by atoms with Crippen molar-refractivity contribution in [1.29, 1.82) is 5.26 Å². The van der Waals surface area contributed by atoms with Crippen molar-refractivity contribution in [3.8, 4) is 17.2 Å². The minimum Gasteiger partial charge on any atom is -0.368 e. The molecule has 0 fully saturated rings. The summed E-state index contributed by atoms with van der Waals surface area (Å²) in [5.74, 6) is 0.761. The summed E-state index contributed by atoms with van der Waals surface area (Å²) >= 11 is 0. The van der Waals surface area contributed by atoms with Gasteiger partial charge in [0.1, 0.15) is 5.82 Å². The minimum absolute atomic E-state index is 0.194. The number of amides is 1. The van der Waals surface area contributed by atoms with E-state index in [2.05, 4.69) is 26.5 Å². The summed E-state index contributed by atoms with van der Waals surface area (Å²) in [5.41, 5.74) is 12.1. The molecule has 0 spiro atoms. The molecule has 0 unspecified atom stereocenters. The summed E-state index contributed by atoms with van der Waals surface area (Å²) in [5, 5.41) is 17.5. The van der Waals surface area contributed by atoms with Gasteiger partial charge in [-0.3, -0.25) is 4.79 Å². The van der Waals surface area contributed by atoms with Gasteiger partial charge in [0.2, 0.25) is 5.95 Å². The van der Waals surface area contributed by atoms with Gasteiger partial charge >= 0.3 is 0 Å². The van der Waals surface area contributed by atoms with Gasteiger partial charge in [0.05, 0.1) is 30.2 Å². The SMILES string of the molecule is Cc1ccc(C(=O)Nc2c3c(nn2CCC#N)CCC3)cc1-c1ccc2nc(N)ncc2c1. The van der Waals surface area contributed by atoms with Crippen molar-refractivity contribution in [3.05, 3.63) is 65.0 Å². The molecule has 0 atom stereocenters. The summed E-state index contributed by atoms with van der Waals surface area (Å²) in [6.07, 6.45) is 4.88. The van der Waals surface area contributed by atoms with E-state index in [9.17, 15) is 4.79 Å². The zero-order valence-corrected chi connectivity index (χ0v) is 18.3. The summed E-state index contributed by atoms with van der Waals surface area (Å²) < 4.78 is 1.76. The van der Waals surface area contributed by atoms with E-state index in [1.165, 1.54) is 0 Å². The molecule has 3 N–H and O–H groups in total. The monoisotopic (exact) mass is 437 g/mol. The van der Waals surface area contributed by atoms with Crippen LogP contribution in [0.25, 0.3) is 22.0 Å². The Kier molecular flexibility index (Phi) is 5.23. The molecule has 33 heavy (non-hydrogen) atoms. The number of aromatic nitrogens is 4. The predicted octanol–water partition coefficient (Wildman–Crippen LogP) is 4.04. The maximum absolute atomic E-state index is 13.2. The van der Waals surface area contributed by atoms with Crippen LogP contribution in [-0.2, 0) is 19.4 Å². The lowest BCUT2D eigenvalue weighted by atomic mass is 9.97. The second kappa shape index (κ2) is 8.36. The second-order valence-electron chi connectivity index (χ2n) is 8.24. The molecular weight excluding hydrogens is 414 g/mol. The maximum atomic E-state index is 13.2. The Balaban J connectivity index is 1.47. The van der Waals surface area contributed by atoms with Crippen LogP contribution in [0.15, 0.2) is 42.6 Å². The molecule has 2 heterocycles. The number of fused-ring (bicyclic) bond motifs is 2. The van der Waals surface area contributed by atoms with Gasteiger partial charge in [-0.15, -0.1) is 0 Å². The van der Waals surface area contributed by atoms with Crippen molar-refractivity contribution in [2.75, 3.05) is 11.1 Å². The third-order valence-corrected chi connectivity index (χ3v) is 6.05. The van der Waals surface area contributed by atoms with Gasteiger partial charge in [-0.2, -0.15) is 10.4 Å². The molecule has 0 radical (unpaired) electrons. The number of carbonyl (C=O) groups is 1. The number of anilines is 2. The van der Waals surface area contributed by atoms with E-state index in [1.54, 1.807) is 10.9 Å². The number of nitriles is 1. The van der Waals surface area contributed by atoms with E-state index in [4.69, 9.17) is 11.0 Å². The van der Waals surface area contributed by atoms with Crippen LogP contribution in [0, 0.1) is 18.3 Å². The lowest BCUT2D eigenvalue weighted by Crippen LogP contribution is -2.17. The zero-order chi connectivity index (χ0) is 22.9. The van der Waals surface area contributed by atoms with Crippen LogP contribution in [-0.4, -0.2) is 25.7 Å². The summed E-state index contributed by atoms with van der Waals surface area (Å²) in [7, 11) is 0. The molecule has 5 rings (SSSR count). The van der Waals surface area contributed by atoms with Crippen molar-refractivity contribution in [3.63, 3.8) is 0 Å². The first-order valence-electron chi connectivity index (χ1n) is 10.9. The molecule has 4 aromatic rings. The molecule has 0 aliphatic heterocycles. The van der Waals surface area contributed by atoms with Crippen molar-refractivity contribution in [2.24, 2.45) is 0 Å². The Morgan fingerprint density at radius 3 is 2.97 bits per heavy atom. The Morgan fingerprint density at radius 1 is 1.24 bits per heavy atom. The Labute approximate surface area is 191 Å². The number of hydrogen-bond acceptors (Lipinski definition) is 6. The standard InChI is InChI=1S/C25H23N7O/c1-15-6-7-17(13-20(15)16-8-9-21-18(12-16)14-28-25(27)29-21)24(33)30-23-19-4-2-5-22(19)31-32(23)11-3-10-26/h6-9,12-14H,2-5,11H2,1H3,(H,30,33)(H2,27,28,29). The third-order valence-electron chi connectivity index (χ3n) is 6.05. The number of carbonyl (C=O) groups excluding carboxylic acids is 1. The molecule has 0 saturated carbocycles. The van der Waals surface area contributed by atoms with Crippen LogP contribution < -0.4 is 11.1 Å². The molecule has 1 amide bonds. The number of rotatable bonds is 5. The highest BCUT2D eigenvalue weighted by Gasteiger charge is 2.24. The number of hydrogen-bond donors (Lipinski definition) is 2. The number of aryl methyl sites for hydroxylation is 3. The Bertz CT molecular complexity index is 1430. The van der Waals surface area contributed by atoms with Gasteiger partial charge in [0, 0.05) is 22.7 Å². The van der Waals surface area contributed by atoms with Gasteiger partial charge in [-0.1, -0.05) is 12.1 Å². The first kappa shape index (κ1) is 20.6. The summed E-state index contributed by atoms with van der Waals surface area (Å²) in [4.78, 5) is 21.6. The quantitative estimate of drug-likeness (QED) is 0.486. The molecule has 1 aliphatic rings. The highest BCUT2D eigenvalue weighted by molar-refractivity contribution is 6.05. The van der Waals surface area contributed by atoms with Crippen LogP contribution in [0.3, 0.4) is 0 Å². The number of nitrogens with two attached hydrogens (primary N) is 1. The number of benzene rings is 2. The highest BCUT2D eigenvalue weighted by atomic mass is 16.1. The van der Waals surface area contributed by atoms with E-state index in [-0.39, 0.29) is 11.9 Å². The molecule has 8 nitrogen and oxygen atoms in total. The molecule has 0 saturated heterocycles. The number of nitrogens with zero attached hydrogens (tertiary/aromatic N) is 5. The molecule has 164 valence electrons. The van der Waals surface area contributed by atoms with E-state index >= 15 is 0 Å². The van der Waals surface area contributed by atoms with Crippen molar-refractivity contribution >= 4 is 28.6 Å². The minimum atomic E-state index is -0.194. The van der Waals surface area contributed by atoms with Gasteiger partial charge in [-0.25, -0.2) is 14.6 Å². The normalized spacial score (nSPS) is 12.5. The third kappa shape index (κ3) is 3.89. The average Bonchev–Trinajstić information content (AvgIpc) is 3.40. The van der Waals surface area contributed by atoms with E-state index < -0.39 is 0 Å². The predicted molar refractivity (Wildman–Crippen MR) is 127 cm³/mol. The fourth-order valence-corrected chi connectivity index (χ4v) is 4.37. The first-order valence-corrected chi connectivity index (χ1v) is 10.9. The van der Waals surface area contributed by atoms with Gasteiger partial charge in [-0.05, 0) is 67.1 Å². The molecular formula is C25H23N7O. The van der Waals surface area contributed by atoms with Crippen LogP contribution >= 0.6 is 0 Å². The van der Waals surface area contributed by atoms with Crippen LogP contribution in [0.4, 0.5) is 11.8 Å². The van der Waals surface area contributed by atoms with E-state index in [1.807, 2.05) is 43.3 Å². The largest absolute Gasteiger partial charge is 0.368 e. The smallest absolute Gasteiger partial charge is 0.256 e. The summed E-state index contributed by atoms with van der Waals surface area (Å²) in [6.45, 7) is 2.48. The van der Waals surface area contributed by atoms with Crippen LogP contribution in [0.2, 0.25) is 0 Å². The van der Waals surface area contributed by atoms with Crippen molar-refractivity contribution in [1.82, 2.24) is 19.7 Å². The number of nitrogens with one attached hydrogen (secondary N) is 1. The maximum Gasteiger partial charge on any atom is 0.256 e. The van der Waals surface area contributed by atoms with Gasteiger partial charge < -0.3 is 11.1 Å². The molecule has 0 bridgehead atoms. The second-order valence-corrected chi connectivity index (χ2v) is 8.24. The average molecular weight is 438 g/mol. The fourth-order valence-electron chi connectivity index (χ4n) is 4.37. The topological polar surface area (TPSA) is 123 Å². The first-order chi connectivity index (χ1) is 16.0. The van der Waals surface area contributed by atoms with Crippen LogP contribution in [0.1, 0.15) is 40.0 Å². The van der Waals surface area contributed by atoms with E-state index in [0.29, 0.717) is 24.3 Å². The molecule has 2 aromatic carbocycles. The van der Waals surface area contributed by atoms with Crippen molar-refractivity contribution < 1.29 is 4.79 Å². The lowest BCUT2D eigenvalue weighted by Gasteiger charge is -2.12. The highest BCUT2D eigenvalue weighted by Crippen LogP contribution is 2.31. The number of nitrogen functional groups attached to an aromatic ring is 1. The fraction of sp³-hybridized carbons (Fsp3) is 0.240. The summed E-state index contributed by atoms with van der Waals surface area (Å²) in [6, 6.07) is 13.7. The molecule has 8 heteroatoms. The lowest BCUT2D eigenvalue weighted by molar-refractivity contribution is 0.102. The van der Waals surface area contributed by atoms with Crippen molar-refractivity contribution in [2.45, 2.75) is 39.2 Å². The molecule has 2 aromatic heterocycles. The Morgan fingerprint density at radius 2 is 2.12 bits per heavy atom. The van der Waals surface area contributed by atoms with Crippen LogP contribution in [0.5, 0.6) is 0 Å². The van der Waals surface area contributed by atoms with E-state index in [0.717, 1.165) is 58.1 Å². The molecule has 1 aliphatic carbocycles. The zero-order valence-electron chi connectivity index (χ0n) is 18.3. The van der Waals surface area contributed by atoms with Gasteiger partial charge in [0.15, 0.2) is 0 Å². The Hall–Kier alpha value is -4.25.